The topological polar surface area (TPSA) is 69.6 Å². The first-order valence-electron chi connectivity index (χ1n) is 9.76. The van der Waals surface area contributed by atoms with Crippen LogP contribution in [0.1, 0.15) is 30.7 Å². The maximum Gasteiger partial charge on any atom is 0.227 e. The zero-order valence-corrected chi connectivity index (χ0v) is 17.3. The van der Waals surface area contributed by atoms with Gasteiger partial charge in [-0.05, 0) is 55.0 Å². The average Bonchev–Trinajstić information content (AvgIpc) is 3.51. The highest BCUT2D eigenvalue weighted by atomic mass is 35.5. The highest BCUT2D eigenvalue weighted by molar-refractivity contribution is 6.31. The van der Waals surface area contributed by atoms with E-state index in [1.807, 2.05) is 29.2 Å². The lowest BCUT2D eigenvalue weighted by atomic mass is 9.95. The summed E-state index contributed by atoms with van der Waals surface area (Å²) in [5.41, 5.74) is 1.35. The Balaban J connectivity index is 1.30. The number of carbonyl (C=O) groups excluding carboxylic acids is 2. The molecule has 1 aliphatic carbocycles. The highest BCUT2D eigenvalue weighted by Gasteiger charge is 2.47. The lowest BCUT2D eigenvalue weighted by Gasteiger charge is -2.31. The molecule has 2 aromatic rings. The number of amides is 2. The number of phenols is 1. The highest BCUT2D eigenvalue weighted by Crippen LogP contribution is 2.50. The van der Waals surface area contributed by atoms with E-state index in [-0.39, 0.29) is 35.3 Å². The van der Waals surface area contributed by atoms with Crippen LogP contribution in [0.3, 0.4) is 0 Å². The van der Waals surface area contributed by atoms with Gasteiger partial charge in [-0.2, -0.15) is 0 Å². The summed E-state index contributed by atoms with van der Waals surface area (Å²) in [6, 6.07) is 12.2. The molecule has 2 aliphatic rings. The predicted octanol–water partition coefficient (Wildman–Crippen LogP) is 4.68. The van der Waals surface area contributed by atoms with Crippen molar-refractivity contribution in [2.45, 2.75) is 25.2 Å². The molecule has 0 bridgehead atoms. The van der Waals surface area contributed by atoms with Gasteiger partial charge < -0.3 is 15.3 Å². The molecule has 2 N–H and O–H groups in total. The van der Waals surface area contributed by atoms with Crippen LogP contribution < -0.4 is 5.32 Å². The summed E-state index contributed by atoms with van der Waals surface area (Å²) >= 11 is 12.2. The summed E-state index contributed by atoms with van der Waals surface area (Å²) in [7, 11) is 0. The first kappa shape index (κ1) is 20.0. The standard InChI is InChI=1S/C22H22Cl2N2O3/c23-14-5-6-20(27)19(11-14)25-21(28)13-7-9-26(10-8-13)22(29)17-12-16(17)15-3-1-2-4-18(15)24/h1-6,11,13,16-17,27H,7-10,12H2,(H,25,28)/t16-,17+/m0/s1. The summed E-state index contributed by atoms with van der Waals surface area (Å²) in [4.78, 5) is 27.2. The average molecular weight is 433 g/mol. The van der Waals surface area contributed by atoms with Crippen LogP contribution in [0, 0.1) is 11.8 Å². The minimum Gasteiger partial charge on any atom is -0.506 e. The smallest absolute Gasteiger partial charge is 0.227 e. The van der Waals surface area contributed by atoms with Crippen LogP contribution in [0.25, 0.3) is 0 Å². The third kappa shape index (κ3) is 4.36. The van der Waals surface area contributed by atoms with Crippen LogP contribution in [-0.4, -0.2) is 34.9 Å². The van der Waals surface area contributed by atoms with Gasteiger partial charge in [-0.25, -0.2) is 0 Å². The number of nitrogens with one attached hydrogen (secondary N) is 1. The van der Waals surface area contributed by atoms with Crippen LogP contribution in [0.15, 0.2) is 42.5 Å². The monoisotopic (exact) mass is 432 g/mol. The van der Waals surface area contributed by atoms with Gasteiger partial charge in [0.05, 0.1) is 5.69 Å². The van der Waals surface area contributed by atoms with E-state index in [9.17, 15) is 14.7 Å². The van der Waals surface area contributed by atoms with Gasteiger partial charge >= 0.3 is 0 Å². The van der Waals surface area contributed by atoms with Gasteiger partial charge in [0.15, 0.2) is 0 Å². The molecule has 0 unspecified atom stereocenters. The minimum absolute atomic E-state index is 0.0105. The normalized spacial score (nSPS) is 21.7. The fourth-order valence-electron chi connectivity index (χ4n) is 4.03. The molecule has 1 saturated heterocycles. The molecule has 2 amide bonds. The molecule has 29 heavy (non-hydrogen) atoms. The number of anilines is 1. The Labute approximate surface area is 179 Å². The van der Waals surface area contributed by atoms with Crippen LogP contribution in [-0.2, 0) is 9.59 Å². The summed E-state index contributed by atoms with van der Waals surface area (Å²) in [5.74, 6) is -0.0336. The largest absolute Gasteiger partial charge is 0.506 e. The quantitative estimate of drug-likeness (QED) is 0.688. The van der Waals surface area contributed by atoms with Gasteiger partial charge in [-0.1, -0.05) is 41.4 Å². The second-order valence-corrected chi connectivity index (χ2v) is 8.56. The molecule has 2 atom stereocenters. The molecule has 0 radical (unpaired) electrons. The Bertz CT molecular complexity index is 941. The number of nitrogens with zero attached hydrogens (tertiary/aromatic N) is 1. The lowest BCUT2D eigenvalue weighted by molar-refractivity contribution is -0.135. The van der Waals surface area contributed by atoms with Crippen molar-refractivity contribution >= 4 is 40.7 Å². The van der Waals surface area contributed by atoms with Crippen molar-refractivity contribution in [2.75, 3.05) is 18.4 Å². The van der Waals surface area contributed by atoms with E-state index in [1.54, 1.807) is 6.07 Å². The maximum atomic E-state index is 12.8. The minimum atomic E-state index is -0.198. The molecule has 2 fully saturated rings. The van der Waals surface area contributed by atoms with Gasteiger partial charge in [-0.15, -0.1) is 0 Å². The predicted molar refractivity (Wildman–Crippen MR) is 113 cm³/mol. The van der Waals surface area contributed by atoms with Crippen molar-refractivity contribution < 1.29 is 14.7 Å². The number of halogens is 2. The number of phenolic OH excluding ortho intramolecular Hbond substituents is 1. The molecule has 1 heterocycles. The Hall–Kier alpha value is -2.24. The van der Waals surface area contributed by atoms with E-state index in [4.69, 9.17) is 23.2 Å². The SMILES string of the molecule is O=C(Nc1cc(Cl)ccc1O)C1CCN(C(=O)[C@@H]2C[C@H]2c2ccccc2Cl)CC1. The summed E-state index contributed by atoms with van der Waals surface area (Å²) in [6.07, 6.45) is 2.03. The number of piperidine rings is 1. The number of rotatable bonds is 4. The van der Waals surface area contributed by atoms with E-state index in [0.29, 0.717) is 41.7 Å². The van der Waals surface area contributed by atoms with Crippen molar-refractivity contribution in [1.29, 1.82) is 0 Å². The second kappa shape index (κ2) is 8.25. The van der Waals surface area contributed by atoms with Gasteiger partial charge in [0.2, 0.25) is 11.8 Å². The Kier molecular flexibility index (Phi) is 5.70. The Morgan fingerprint density at radius 3 is 2.52 bits per heavy atom. The van der Waals surface area contributed by atoms with Crippen molar-refractivity contribution in [3.8, 4) is 5.75 Å². The number of carbonyl (C=O) groups is 2. The fraction of sp³-hybridized carbons (Fsp3) is 0.364. The Morgan fingerprint density at radius 1 is 1.07 bits per heavy atom. The van der Waals surface area contributed by atoms with Crippen LogP contribution in [0.4, 0.5) is 5.69 Å². The number of hydrogen-bond donors (Lipinski definition) is 2. The molecule has 152 valence electrons. The molecule has 2 aromatic carbocycles. The van der Waals surface area contributed by atoms with Crippen molar-refractivity contribution in [1.82, 2.24) is 4.90 Å². The van der Waals surface area contributed by atoms with Crippen molar-refractivity contribution in [3.63, 3.8) is 0 Å². The van der Waals surface area contributed by atoms with E-state index in [1.165, 1.54) is 12.1 Å². The fourth-order valence-corrected chi connectivity index (χ4v) is 4.48. The van der Waals surface area contributed by atoms with Crippen LogP contribution >= 0.6 is 23.2 Å². The first-order valence-corrected chi connectivity index (χ1v) is 10.5. The van der Waals surface area contributed by atoms with Gasteiger partial charge in [-0.3, -0.25) is 9.59 Å². The molecule has 1 saturated carbocycles. The van der Waals surface area contributed by atoms with Gasteiger partial charge in [0.1, 0.15) is 5.75 Å². The molecule has 0 aromatic heterocycles. The third-order valence-electron chi connectivity index (χ3n) is 5.81. The molecular weight excluding hydrogens is 411 g/mol. The number of benzene rings is 2. The Morgan fingerprint density at radius 2 is 1.79 bits per heavy atom. The van der Waals surface area contributed by atoms with Crippen LogP contribution in [0.2, 0.25) is 10.0 Å². The summed E-state index contributed by atoms with van der Waals surface area (Å²) in [6.45, 7) is 1.12. The van der Waals surface area contributed by atoms with Gasteiger partial charge in [0, 0.05) is 35.0 Å². The summed E-state index contributed by atoms with van der Waals surface area (Å²) < 4.78 is 0. The van der Waals surface area contributed by atoms with Gasteiger partial charge in [0.25, 0.3) is 0 Å². The third-order valence-corrected chi connectivity index (χ3v) is 6.39. The second-order valence-electron chi connectivity index (χ2n) is 7.72. The molecular formula is C22H22Cl2N2O3. The molecule has 5 nitrogen and oxygen atoms in total. The first-order chi connectivity index (χ1) is 13.9. The lowest BCUT2D eigenvalue weighted by Crippen LogP contribution is -2.42. The summed E-state index contributed by atoms with van der Waals surface area (Å²) in [5, 5.41) is 13.8. The molecule has 1 aliphatic heterocycles. The number of hydrogen-bond acceptors (Lipinski definition) is 3. The molecule has 7 heteroatoms. The van der Waals surface area contributed by atoms with Crippen LogP contribution in [0.5, 0.6) is 5.75 Å². The van der Waals surface area contributed by atoms with E-state index in [0.717, 1.165) is 12.0 Å². The van der Waals surface area contributed by atoms with Crippen molar-refractivity contribution in [2.24, 2.45) is 11.8 Å². The number of likely N-dealkylation sites (tertiary alicyclic amines) is 1. The van der Waals surface area contributed by atoms with E-state index >= 15 is 0 Å². The zero-order chi connectivity index (χ0) is 20.5. The van der Waals surface area contributed by atoms with E-state index in [2.05, 4.69) is 5.32 Å². The molecule has 4 rings (SSSR count). The number of aromatic hydroxyl groups is 1. The van der Waals surface area contributed by atoms with Crippen molar-refractivity contribution in [3.05, 3.63) is 58.1 Å². The zero-order valence-electron chi connectivity index (χ0n) is 15.8. The maximum absolute atomic E-state index is 12.8. The van der Waals surface area contributed by atoms with E-state index < -0.39 is 0 Å². The molecule has 0 spiro atoms.